The zero-order chi connectivity index (χ0) is 19.9. The first kappa shape index (κ1) is 21.9. The summed E-state index contributed by atoms with van der Waals surface area (Å²) < 4.78 is 44.5. The van der Waals surface area contributed by atoms with E-state index in [1.54, 1.807) is 12.1 Å². The third kappa shape index (κ3) is 6.64. The lowest BCUT2D eigenvalue weighted by molar-refractivity contribution is -0.0679. The average Bonchev–Trinajstić information content (AvgIpc) is 2.60. The molecule has 1 aliphatic rings. The minimum Gasteiger partial charge on any atom is -0.490 e. The number of hydrogen-bond donors (Lipinski definition) is 1. The van der Waals surface area contributed by atoms with Gasteiger partial charge >= 0.3 is 0 Å². The summed E-state index contributed by atoms with van der Waals surface area (Å²) in [4.78, 5) is 2.50. The second-order valence-electron chi connectivity index (χ2n) is 6.74. The van der Waals surface area contributed by atoms with Crippen LogP contribution in [0.3, 0.4) is 0 Å². The van der Waals surface area contributed by atoms with Crippen molar-refractivity contribution in [1.29, 1.82) is 0 Å². The van der Waals surface area contributed by atoms with Crippen LogP contribution in [0.4, 0.5) is 0 Å². The number of morpholine rings is 1. The van der Waals surface area contributed by atoms with E-state index in [-0.39, 0.29) is 17.1 Å². The highest BCUT2D eigenvalue weighted by atomic mass is 32.2. The van der Waals surface area contributed by atoms with Gasteiger partial charge in [-0.15, -0.1) is 0 Å². The molecule has 1 aromatic rings. The molecule has 0 aliphatic carbocycles. The van der Waals surface area contributed by atoms with Crippen LogP contribution in [0.15, 0.2) is 23.1 Å². The number of nitrogens with zero attached hydrogens (tertiary/aromatic N) is 1. The third-order valence-electron chi connectivity index (χ3n) is 4.26. The fourth-order valence-corrected chi connectivity index (χ4v) is 4.35. The van der Waals surface area contributed by atoms with Gasteiger partial charge in [-0.25, -0.2) is 13.1 Å². The summed E-state index contributed by atoms with van der Waals surface area (Å²) in [5.41, 5.74) is 0. The van der Waals surface area contributed by atoms with Gasteiger partial charge in [-0.1, -0.05) is 0 Å². The molecular weight excluding hydrogens is 368 g/mol. The number of sulfonamides is 1. The maximum absolute atomic E-state index is 12.6. The molecule has 2 rings (SSSR count). The Kier molecular flexibility index (Phi) is 8.34. The Morgan fingerprint density at radius 2 is 1.74 bits per heavy atom. The van der Waals surface area contributed by atoms with Crippen LogP contribution < -0.4 is 14.2 Å². The van der Waals surface area contributed by atoms with E-state index in [4.69, 9.17) is 14.2 Å². The van der Waals surface area contributed by atoms with Gasteiger partial charge < -0.3 is 14.2 Å². The molecule has 0 bridgehead atoms. The van der Waals surface area contributed by atoms with Crippen molar-refractivity contribution in [2.24, 2.45) is 0 Å². The summed E-state index contributed by atoms with van der Waals surface area (Å²) in [5, 5.41) is 0. The molecule has 1 N–H and O–H groups in total. The lowest BCUT2D eigenvalue weighted by atomic mass is 10.2. The van der Waals surface area contributed by atoms with Crippen LogP contribution in [0.5, 0.6) is 11.5 Å². The zero-order valence-electron chi connectivity index (χ0n) is 16.7. The monoisotopic (exact) mass is 400 g/mol. The molecular formula is C19H32N2O5S. The topological polar surface area (TPSA) is 77.1 Å². The quantitative estimate of drug-likeness (QED) is 0.607. The minimum atomic E-state index is -3.59. The second-order valence-corrected chi connectivity index (χ2v) is 8.51. The molecule has 1 aliphatic heterocycles. The van der Waals surface area contributed by atoms with Gasteiger partial charge in [-0.05, 0) is 52.8 Å². The van der Waals surface area contributed by atoms with Crippen molar-refractivity contribution in [2.45, 2.75) is 51.2 Å². The standard InChI is InChI=1S/C19H32N2O5S/c1-5-24-18-9-8-17(12-19(18)25-6-2)27(22,23)20-10-7-11-21-13-15(3)26-16(4)14-21/h8-9,12,15-16,20H,5-7,10-11,13-14H2,1-4H3. The van der Waals surface area contributed by atoms with Crippen LogP contribution in [-0.2, 0) is 14.8 Å². The number of nitrogens with one attached hydrogen (secondary N) is 1. The molecule has 0 saturated carbocycles. The van der Waals surface area contributed by atoms with Crippen molar-refractivity contribution < 1.29 is 22.6 Å². The molecule has 1 fully saturated rings. The Morgan fingerprint density at radius 1 is 1.11 bits per heavy atom. The first-order chi connectivity index (χ1) is 12.9. The molecule has 2 atom stereocenters. The van der Waals surface area contributed by atoms with Crippen LogP contribution in [0.1, 0.15) is 34.1 Å². The van der Waals surface area contributed by atoms with Gasteiger partial charge in [-0.3, -0.25) is 4.90 Å². The van der Waals surface area contributed by atoms with Gasteiger partial charge in [0.2, 0.25) is 10.0 Å². The summed E-state index contributed by atoms with van der Waals surface area (Å²) in [7, 11) is -3.59. The van der Waals surface area contributed by atoms with Gasteiger partial charge in [0.25, 0.3) is 0 Å². The van der Waals surface area contributed by atoms with Crippen molar-refractivity contribution >= 4 is 10.0 Å². The van der Waals surface area contributed by atoms with E-state index in [0.29, 0.717) is 31.3 Å². The number of ether oxygens (including phenoxy) is 3. The molecule has 1 heterocycles. The largest absolute Gasteiger partial charge is 0.490 e. The lowest BCUT2D eigenvalue weighted by Gasteiger charge is -2.35. The highest BCUT2D eigenvalue weighted by Gasteiger charge is 2.22. The SMILES string of the molecule is CCOc1ccc(S(=O)(=O)NCCCN2CC(C)OC(C)C2)cc1OCC. The average molecular weight is 401 g/mol. The third-order valence-corrected chi connectivity index (χ3v) is 5.72. The zero-order valence-corrected chi connectivity index (χ0v) is 17.5. The molecule has 8 heteroatoms. The molecule has 0 radical (unpaired) electrons. The molecule has 0 aromatic heterocycles. The molecule has 0 amide bonds. The van der Waals surface area contributed by atoms with E-state index in [1.807, 2.05) is 13.8 Å². The molecule has 1 aromatic carbocycles. The number of benzene rings is 1. The first-order valence-electron chi connectivity index (χ1n) is 9.62. The van der Waals surface area contributed by atoms with Crippen molar-refractivity contribution in [2.75, 3.05) is 39.4 Å². The Labute approximate surface area is 163 Å². The fourth-order valence-electron chi connectivity index (χ4n) is 3.26. The van der Waals surface area contributed by atoms with Crippen LogP contribution in [0.2, 0.25) is 0 Å². The molecule has 27 heavy (non-hydrogen) atoms. The Bertz CT molecular complexity index is 685. The lowest BCUT2D eigenvalue weighted by Crippen LogP contribution is -2.46. The highest BCUT2D eigenvalue weighted by molar-refractivity contribution is 7.89. The van der Waals surface area contributed by atoms with E-state index < -0.39 is 10.0 Å². The maximum atomic E-state index is 12.6. The van der Waals surface area contributed by atoms with Gasteiger partial charge in [0.1, 0.15) is 0 Å². The molecule has 1 saturated heterocycles. The predicted molar refractivity (Wildman–Crippen MR) is 105 cm³/mol. The Balaban J connectivity index is 1.91. The molecule has 0 spiro atoms. The number of rotatable bonds is 10. The van der Waals surface area contributed by atoms with Crippen LogP contribution >= 0.6 is 0 Å². The predicted octanol–water partition coefficient (Wildman–Crippen LogP) is 2.26. The first-order valence-corrected chi connectivity index (χ1v) is 11.1. The van der Waals surface area contributed by atoms with Crippen molar-refractivity contribution in [1.82, 2.24) is 9.62 Å². The fraction of sp³-hybridized carbons (Fsp3) is 0.684. The summed E-state index contributed by atoms with van der Waals surface area (Å²) in [6, 6.07) is 4.70. The van der Waals surface area contributed by atoms with E-state index in [0.717, 1.165) is 26.1 Å². The van der Waals surface area contributed by atoms with Gasteiger partial charge in [0.05, 0.1) is 30.3 Å². The smallest absolute Gasteiger partial charge is 0.240 e. The van der Waals surface area contributed by atoms with E-state index in [2.05, 4.69) is 23.5 Å². The summed E-state index contributed by atoms with van der Waals surface area (Å²) in [6.45, 7) is 11.8. The van der Waals surface area contributed by atoms with E-state index in [9.17, 15) is 8.42 Å². The van der Waals surface area contributed by atoms with Gasteiger partial charge in [-0.2, -0.15) is 0 Å². The van der Waals surface area contributed by atoms with Gasteiger partial charge in [0, 0.05) is 25.7 Å². The van der Waals surface area contributed by atoms with Gasteiger partial charge in [0.15, 0.2) is 11.5 Å². The molecule has 2 unspecified atom stereocenters. The minimum absolute atomic E-state index is 0.183. The van der Waals surface area contributed by atoms with Crippen LogP contribution in [0.25, 0.3) is 0 Å². The van der Waals surface area contributed by atoms with E-state index >= 15 is 0 Å². The normalized spacial score (nSPS) is 21.2. The summed E-state index contributed by atoms with van der Waals surface area (Å²) in [6.07, 6.45) is 1.17. The van der Waals surface area contributed by atoms with Crippen molar-refractivity contribution in [3.63, 3.8) is 0 Å². The van der Waals surface area contributed by atoms with Crippen molar-refractivity contribution in [3.05, 3.63) is 18.2 Å². The van der Waals surface area contributed by atoms with Crippen molar-refractivity contribution in [3.8, 4) is 11.5 Å². The Hall–Kier alpha value is -1.35. The Morgan fingerprint density at radius 3 is 2.37 bits per heavy atom. The highest BCUT2D eigenvalue weighted by Crippen LogP contribution is 2.30. The molecule has 7 nitrogen and oxygen atoms in total. The second kappa shape index (κ2) is 10.3. The van der Waals surface area contributed by atoms with E-state index in [1.165, 1.54) is 6.07 Å². The summed E-state index contributed by atoms with van der Waals surface area (Å²) >= 11 is 0. The summed E-state index contributed by atoms with van der Waals surface area (Å²) in [5.74, 6) is 0.993. The van der Waals surface area contributed by atoms with Crippen LogP contribution in [-0.4, -0.2) is 64.9 Å². The number of hydrogen-bond acceptors (Lipinski definition) is 6. The maximum Gasteiger partial charge on any atom is 0.240 e. The van der Waals surface area contributed by atoms with Crippen LogP contribution in [0, 0.1) is 0 Å². The molecule has 154 valence electrons.